The van der Waals surface area contributed by atoms with Gasteiger partial charge in [-0.25, -0.2) is 14.4 Å². The van der Waals surface area contributed by atoms with Crippen LogP contribution in [0.25, 0.3) is 11.0 Å². The fourth-order valence-corrected chi connectivity index (χ4v) is 3.02. The molecule has 0 radical (unpaired) electrons. The maximum atomic E-state index is 13.2. The van der Waals surface area contributed by atoms with Crippen molar-refractivity contribution in [3.8, 4) is 0 Å². The highest BCUT2D eigenvalue weighted by Gasteiger charge is 2.18. The quantitative estimate of drug-likeness (QED) is 0.782. The van der Waals surface area contributed by atoms with Crippen LogP contribution in [0.15, 0.2) is 23.6 Å². The molecule has 3 rings (SSSR count). The molecule has 2 N–H and O–H groups in total. The lowest BCUT2D eigenvalue weighted by atomic mass is 10.2. The van der Waals surface area contributed by atoms with E-state index in [1.54, 1.807) is 17.4 Å². The third kappa shape index (κ3) is 1.98. The van der Waals surface area contributed by atoms with Crippen molar-refractivity contribution in [3.05, 3.63) is 40.1 Å². The first-order chi connectivity index (χ1) is 9.06. The van der Waals surface area contributed by atoms with Crippen LogP contribution < -0.4 is 5.73 Å². The molecule has 1 aromatic carbocycles. The average Bonchev–Trinajstić information content (AvgIpc) is 2.91. The Labute approximate surface area is 113 Å². The lowest BCUT2D eigenvalue weighted by molar-refractivity contribution is 0.628. The van der Waals surface area contributed by atoms with Gasteiger partial charge in [0.1, 0.15) is 10.8 Å². The molecule has 3 aromatic rings. The van der Waals surface area contributed by atoms with Crippen molar-refractivity contribution in [2.45, 2.75) is 19.9 Å². The maximum Gasteiger partial charge on any atom is 0.201 e. The molecular formula is C13H13FN4S. The average molecular weight is 276 g/mol. The van der Waals surface area contributed by atoms with Gasteiger partial charge in [-0.1, -0.05) is 0 Å². The fraction of sp³-hybridized carbons (Fsp3) is 0.231. The third-order valence-electron chi connectivity index (χ3n) is 3.06. The zero-order valence-corrected chi connectivity index (χ0v) is 11.4. The molecule has 0 fully saturated rings. The van der Waals surface area contributed by atoms with Gasteiger partial charge in [0.05, 0.1) is 17.1 Å². The molecule has 6 heteroatoms. The summed E-state index contributed by atoms with van der Waals surface area (Å²) in [6.07, 6.45) is 0. The molecule has 19 heavy (non-hydrogen) atoms. The largest absolute Gasteiger partial charge is 0.369 e. The van der Waals surface area contributed by atoms with Gasteiger partial charge in [0.2, 0.25) is 5.95 Å². The van der Waals surface area contributed by atoms with E-state index in [1.807, 2.05) is 23.8 Å². The second-order valence-electron chi connectivity index (χ2n) is 4.48. The molecule has 0 aliphatic heterocycles. The minimum Gasteiger partial charge on any atom is -0.369 e. The summed E-state index contributed by atoms with van der Waals surface area (Å²) in [7, 11) is 0. The number of nitrogens with two attached hydrogens (primary N) is 1. The summed E-state index contributed by atoms with van der Waals surface area (Å²) in [6, 6.07) is 4.49. The van der Waals surface area contributed by atoms with Gasteiger partial charge >= 0.3 is 0 Å². The monoisotopic (exact) mass is 276 g/mol. The molecule has 0 aliphatic carbocycles. The summed E-state index contributed by atoms with van der Waals surface area (Å²) >= 11 is 1.59. The van der Waals surface area contributed by atoms with Gasteiger partial charge < -0.3 is 10.3 Å². The van der Waals surface area contributed by atoms with Crippen LogP contribution in [0.3, 0.4) is 0 Å². The standard InChI is InChI=1S/C13H13FN4S/c1-7-6-19-12(16-7)8(2)18-11-4-3-9(14)5-10(11)17-13(18)15/h3-6,8H,1-2H3,(H2,15,17). The Balaban J connectivity index is 2.16. The van der Waals surface area contributed by atoms with Gasteiger partial charge in [-0.3, -0.25) is 0 Å². The molecule has 0 saturated heterocycles. The van der Waals surface area contributed by atoms with Gasteiger partial charge in [-0.05, 0) is 26.0 Å². The molecule has 0 saturated carbocycles. The van der Waals surface area contributed by atoms with Crippen LogP contribution in [0.4, 0.5) is 10.3 Å². The van der Waals surface area contributed by atoms with Crippen molar-refractivity contribution in [1.82, 2.24) is 14.5 Å². The van der Waals surface area contributed by atoms with E-state index in [-0.39, 0.29) is 11.9 Å². The number of hydrogen-bond donors (Lipinski definition) is 1. The lowest BCUT2D eigenvalue weighted by Gasteiger charge is -2.13. The van der Waals surface area contributed by atoms with Crippen LogP contribution in [-0.4, -0.2) is 14.5 Å². The first-order valence-electron chi connectivity index (χ1n) is 5.91. The van der Waals surface area contributed by atoms with Crippen LogP contribution in [0.2, 0.25) is 0 Å². The highest BCUT2D eigenvalue weighted by molar-refractivity contribution is 7.09. The number of hydrogen-bond acceptors (Lipinski definition) is 4. The van der Waals surface area contributed by atoms with E-state index in [0.29, 0.717) is 11.5 Å². The SMILES string of the molecule is Cc1csc(C(C)n2c(N)nc3cc(F)ccc32)n1. The normalized spacial score (nSPS) is 13.0. The summed E-state index contributed by atoms with van der Waals surface area (Å²) in [5.74, 6) is 0.0656. The van der Waals surface area contributed by atoms with E-state index in [2.05, 4.69) is 9.97 Å². The van der Waals surface area contributed by atoms with Gasteiger partial charge in [0.25, 0.3) is 0 Å². The number of fused-ring (bicyclic) bond motifs is 1. The van der Waals surface area contributed by atoms with Crippen LogP contribution in [0.1, 0.15) is 23.7 Å². The number of thiazole rings is 1. The number of aryl methyl sites for hydroxylation is 1. The number of rotatable bonds is 2. The topological polar surface area (TPSA) is 56.7 Å². The first kappa shape index (κ1) is 12.1. The predicted molar refractivity (Wildman–Crippen MR) is 74.8 cm³/mol. The van der Waals surface area contributed by atoms with Crippen LogP contribution in [0, 0.1) is 12.7 Å². The number of benzene rings is 1. The van der Waals surface area contributed by atoms with Crippen molar-refractivity contribution in [2.24, 2.45) is 0 Å². The molecular weight excluding hydrogens is 263 g/mol. The van der Waals surface area contributed by atoms with E-state index in [0.717, 1.165) is 16.2 Å². The molecule has 1 unspecified atom stereocenters. The van der Waals surface area contributed by atoms with Gasteiger partial charge in [-0.15, -0.1) is 11.3 Å². The maximum absolute atomic E-state index is 13.2. The Morgan fingerprint density at radius 2 is 2.16 bits per heavy atom. The Bertz CT molecular complexity index is 746. The number of aromatic nitrogens is 3. The second-order valence-corrected chi connectivity index (χ2v) is 5.37. The molecule has 98 valence electrons. The van der Waals surface area contributed by atoms with Crippen LogP contribution in [0.5, 0.6) is 0 Å². The number of nitrogen functional groups attached to an aromatic ring is 1. The van der Waals surface area contributed by atoms with Crippen molar-refractivity contribution in [1.29, 1.82) is 0 Å². The summed E-state index contributed by atoms with van der Waals surface area (Å²) in [5, 5.41) is 2.97. The highest BCUT2D eigenvalue weighted by Crippen LogP contribution is 2.29. The Kier molecular flexibility index (Phi) is 2.74. The van der Waals surface area contributed by atoms with E-state index >= 15 is 0 Å². The first-order valence-corrected chi connectivity index (χ1v) is 6.79. The minimum absolute atomic E-state index is 0.0193. The molecule has 4 nitrogen and oxygen atoms in total. The summed E-state index contributed by atoms with van der Waals surface area (Å²) < 4.78 is 15.1. The van der Waals surface area contributed by atoms with Crippen LogP contribution in [-0.2, 0) is 0 Å². The zero-order valence-electron chi connectivity index (χ0n) is 10.6. The van der Waals surface area contributed by atoms with Crippen molar-refractivity contribution in [2.75, 3.05) is 5.73 Å². The predicted octanol–water partition coefficient (Wildman–Crippen LogP) is 3.13. The fourth-order valence-electron chi connectivity index (χ4n) is 2.17. The van der Waals surface area contributed by atoms with Crippen LogP contribution >= 0.6 is 11.3 Å². The van der Waals surface area contributed by atoms with Crippen molar-refractivity contribution in [3.63, 3.8) is 0 Å². The minimum atomic E-state index is -0.310. The van der Waals surface area contributed by atoms with E-state index in [9.17, 15) is 4.39 Å². The van der Waals surface area contributed by atoms with E-state index < -0.39 is 0 Å². The lowest BCUT2D eigenvalue weighted by Crippen LogP contribution is -2.10. The number of nitrogens with zero attached hydrogens (tertiary/aromatic N) is 3. The molecule has 2 aromatic heterocycles. The smallest absolute Gasteiger partial charge is 0.201 e. The Hall–Kier alpha value is -1.95. The molecule has 1 atom stereocenters. The van der Waals surface area contributed by atoms with E-state index in [1.165, 1.54) is 12.1 Å². The number of anilines is 1. The number of halogens is 1. The molecule has 0 spiro atoms. The van der Waals surface area contributed by atoms with Crippen molar-refractivity contribution < 1.29 is 4.39 Å². The zero-order chi connectivity index (χ0) is 13.6. The Morgan fingerprint density at radius 1 is 1.37 bits per heavy atom. The molecule has 0 aliphatic rings. The second kappa shape index (κ2) is 4.31. The van der Waals surface area contributed by atoms with E-state index in [4.69, 9.17) is 5.73 Å². The molecule has 2 heterocycles. The molecule has 0 amide bonds. The highest BCUT2D eigenvalue weighted by atomic mass is 32.1. The van der Waals surface area contributed by atoms with Gasteiger partial charge in [-0.2, -0.15) is 0 Å². The summed E-state index contributed by atoms with van der Waals surface area (Å²) in [4.78, 5) is 8.68. The summed E-state index contributed by atoms with van der Waals surface area (Å²) in [5.41, 5.74) is 8.33. The van der Waals surface area contributed by atoms with Gasteiger partial charge in [0.15, 0.2) is 0 Å². The van der Waals surface area contributed by atoms with Gasteiger partial charge in [0, 0.05) is 17.1 Å². The summed E-state index contributed by atoms with van der Waals surface area (Å²) in [6.45, 7) is 3.97. The Morgan fingerprint density at radius 3 is 2.84 bits per heavy atom. The molecule has 0 bridgehead atoms. The van der Waals surface area contributed by atoms with Crippen molar-refractivity contribution >= 4 is 28.3 Å². The number of imidazole rings is 1. The third-order valence-corrected chi connectivity index (χ3v) is 4.19.